The van der Waals surface area contributed by atoms with Crippen LogP contribution in [-0.4, -0.2) is 36.8 Å². The number of carbonyl (C=O) groups is 1. The summed E-state index contributed by atoms with van der Waals surface area (Å²) in [5, 5.41) is 8.74. The fraction of sp³-hybridized carbons (Fsp3) is 0.263. The number of pyridine rings is 1. The zero-order valence-corrected chi connectivity index (χ0v) is 15.3. The molecule has 0 aliphatic rings. The number of aliphatic carboxylic acids is 1. The van der Waals surface area contributed by atoms with E-state index in [1.54, 1.807) is 37.3 Å². The number of rotatable bonds is 6. The lowest BCUT2D eigenvalue weighted by Crippen LogP contribution is -2.10. The third-order valence-corrected chi connectivity index (χ3v) is 5.26. The minimum atomic E-state index is -3.32. The van der Waals surface area contributed by atoms with Gasteiger partial charge in [0, 0.05) is 11.3 Å². The normalized spacial score (nSPS) is 10.7. The molecule has 0 unspecified atom stereocenters. The molecule has 0 amide bonds. The first-order valence-corrected chi connectivity index (χ1v) is 9.64. The molecule has 6 nitrogen and oxygen atoms in total. The summed E-state index contributed by atoms with van der Waals surface area (Å²) in [6.07, 6.45) is 0.537. The van der Waals surface area contributed by atoms with E-state index in [4.69, 9.17) is 9.84 Å². The maximum absolute atomic E-state index is 12.2. The highest BCUT2D eigenvalue weighted by atomic mass is 32.2. The highest BCUT2D eigenvalue weighted by molar-refractivity contribution is 7.91. The molecule has 2 aromatic rings. The lowest BCUT2D eigenvalue weighted by atomic mass is 10.2. The zero-order chi connectivity index (χ0) is 19.2. The molecule has 26 heavy (non-hydrogen) atoms. The van der Waals surface area contributed by atoms with Gasteiger partial charge in [-0.05, 0) is 49.6 Å². The van der Waals surface area contributed by atoms with Crippen molar-refractivity contribution in [2.24, 2.45) is 0 Å². The molecular weight excluding hydrogens is 354 g/mol. The lowest BCUT2D eigenvalue weighted by molar-refractivity contribution is -0.139. The maximum Gasteiger partial charge on any atom is 0.341 e. The Kier molecular flexibility index (Phi) is 6.36. The zero-order valence-electron chi connectivity index (χ0n) is 14.5. The molecule has 0 aliphatic heterocycles. The van der Waals surface area contributed by atoms with E-state index in [2.05, 4.69) is 16.8 Å². The highest BCUT2D eigenvalue weighted by Gasteiger charge is 2.13. The molecule has 0 aliphatic carbocycles. The minimum Gasteiger partial charge on any atom is -0.479 e. The molecule has 1 N–H and O–H groups in total. The first-order chi connectivity index (χ1) is 12.3. The number of ether oxygens (including phenoxy) is 1. The van der Waals surface area contributed by atoms with Crippen LogP contribution in [0.2, 0.25) is 0 Å². The summed E-state index contributed by atoms with van der Waals surface area (Å²) in [6.45, 7) is 3.09. The van der Waals surface area contributed by atoms with Crippen molar-refractivity contribution in [3.8, 4) is 17.6 Å². The molecule has 0 atom stereocenters. The predicted octanol–water partition coefficient (Wildman–Crippen LogP) is 2.44. The summed E-state index contributed by atoms with van der Waals surface area (Å²) >= 11 is 0. The number of hydrogen-bond donors (Lipinski definition) is 1. The summed E-state index contributed by atoms with van der Waals surface area (Å²) in [4.78, 5) is 15.2. The van der Waals surface area contributed by atoms with Crippen LogP contribution in [0, 0.1) is 18.8 Å². The molecule has 7 heteroatoms. The molecule has 0 fully saturated rings. The lowest BCUT2D eigenvalue weighted by Gasteiger charge is -2.06. The standard InChI is InChI=1S/C19H19NO5S/c1-3-11-26(23,24)16-6-4-5-15(12-16)8-9-17-18(25-13-19(21)22)10-7-14(2)20-17/h4-7,10,12H,3,11,13H2,1-2H3,(H,21,22). The topological polar surface area (TPSA) is 93.6 Å². The van der Waals surface area contributed by atoms with Crippen LogP contribution in [0.3, 0.4) is 0 Å². The van der Waals surface area contributed by atoms with Gasteiger partial charge in [-0.15, -0.1) is 0 Å². The van der Waals surface area contributed by atoms with Gasteiger partial charge in [-0.1, -0.05) is 18.9 Å². The molecule has 136 valence electrons. The summed E-state index contributed by atoms with van der Waals surface area (Å²) < 4.78 is 29.5. The van der Waals surface area contributed by atoms with Gasteiger partial charge >= 0.3 is 5.97 Å². The number of nitrogens with zero attached hydrogens (tertiary/aromatic N) is 1. The van der Waals surface area contributed by atoms with E-state index in [0.29, 0.717) is 23.4 Å². The molecule has 0 radical (unpaired) electrons. The first kappa shape index (κ1) is 19.5. The van der Waals surface area contributed by atoms with E-state index in [-0.39, 0.29) is 16.4 Å². The molecular formula is C19H19NO5S. The Labute approximate surface area is 152 Å². The Morgan fingerprint density at radius 3 is 2.69 bits per heavy atom. The molecule has 0 saturated heterocycles. The van der Waals surface area contributed by atoms with E-state index < -0.39 is 22.4 Å². The van der Waals surface area contributed by atoms with Gasteiger partial charge in [0.1, 0.15) is 0 Å². The summed E-state index contributed by atoms with van der Waals surface area (Å²) in [6, 6.07) is 9.70. The summed E-state index contributed by atoms with van der Waals surface area (Å²) in [5.41, 5.74) is 1.53. The van der Waals surface area contributed by atoms with Gasteiger partial charge in [0.15, 0.2) is 27.9 Å². The molecule has 0 saturated carbocycles. The Morgan fingerprint density at radius 1 is 1.23 bits per heavy atom. The fourth-order valence-corrected chi connectivity index (χ4v) is 3.54. The van der Waals surface area contributed by atoms with Crippen LogP contribution >= 0.6 is 0 Å². The van der Waals surface area contributed by atoms with Gasteiger partial charge in [-0.25, -0.2) is 18.2 Å². The van der Waals surface area contributed by atoms with Crippen LogP contribution in [-0.2, 0) is 14.6 Å². The van der Waals surface area contributed by atoms with Crippen molar-refractivity contribution in [2.45, 2.75) is 25.2 Å². The maximum atomic E-state index is 12.2. The van der Waals surface area contributed by atoms with Crippen LogP contribution in [0.15, 0.2) is 41.3 Å². The van der Waals surface area contributed by atoms with E-state index >= 15 is 0 Å². The van der Waals surface area contributed by atoms with Crippen molar-refractivity contribution in [1.29, 1.82) is 0 Å². The van der Waals surface area contributed by atoms with Crippen LogP contribution < -0.4 is 4.74 Å². The van der Waals surface area contributed by atoms with Crippen molar-refractivity contribution < 1.29 is 23.1 Å². The van der Waals surface area contributed by atoms with Crippen LogP contribution in [0.1, 0.15) is 30.3 Å². The van der Waals surface area contributed by atoms with Gasteiger partial charge < -0.3 is 9.84 Å². The number of aryl methyl sites for hydroxylation is 1. The second kappa shape index (κ2) is 8.50. The second-order valence-corrected chi connectivity index (χ2v) is 7.69. The third kappa shape index (κ3) is 5.33. The first-order valence-electron chi connectivity index (χ1n) is 7.99. The number of carboxylic acid groups (broad SMARTS) is 1. The second-order valence-electron chi connectivity index (χ2n) is 5.58. The number of sulfone groups is 1. The fourth-order valence-electron chi connectivity index (χ4n) is 2.17. The van der Waals surface area contributed by atoms with E-state index in [0.717, 1.165) is 0 Å². The van der Waals surface area contributed by atoms with E-state index in [1.165, 1.54) is 6.07 Å². The minimum absolute atomic E-state index is 0.0799. The smallest absolute Gasteiger partial charge is 0.341 e. The highest BCUT2D eigenvalue weighted by Crippen LogP contribution is 2.17. The predicted molar refractivity (Wildman–Crippen MR) is 96.9 cm³/mol. The van der Waals surface area contributed by atoms with Crippen molar-refractivity contribution in [3.05, 3.63) is 53.3 Å². The van der Waals surface area contributed by atoms with Crippen molar-refractivity contribution >= 4 is 15.8 Å². The van der Waals surface area contributed by atoms with Gasteiger partial charge in [0.05, 0.1) is 10.6 Å². The summed E-state index contributed by atoms with van der Waals surface area (Å²) in [7, 11) is -3.32. The number of carboxylic acids is 1. The number of aromatic nitrogens is 1. The number of benzene rings is 1. The Morgan fingerprint density at radius 2 is 2.00 bits per heavy atom. The van der Waals surface area contributed by atoms with Crippen LogP contribution in [0.4, 0.5) is 0 Å². The van der Waals surface area contributed by atoms with Crippen LogP contribution in [0.5, 0.6) is 5.75 Å². The molecule has 2 rings (SSSR count). The van der Waals surface area contributed by atoms with Gasteiger partial charge in [-0.3, -0.25) is 0 Å². The van der Waals surface area contributed by atoms with Gasteiger partial charge in [0.2, 0.25) is 0 Å². The van der Waals surface area contributed by atoms with Crippen LogP contribution in [0.25, 0.3) is 0 Å². The monoisotopic (exact) mass is 373 g/mol. The molecule has 1 aromatic heterocycles. The molecule has 1 heterocycles. The largest absolute Gasteiger partial charge is 0.479 e. The quantitative estimate of drug-likeness (QED) is 0.782. The van der Waals surface area contributed by atoms with E-state index in [9.17, 15) is 13.2 Å². The molecule has 0 bridgehead atoms. The van der Waals surface area contributed by atoms with E-state index in [1.807, 2.05) is 6.92 Å². The van der Waals surface area contributed by atoms with Gasteiger partial charge in [-0.2, -0.15) is 0 Å². The Bertz CT molecular complexity index is 971. The van der Waals surface area contributed by atoms with Crippen molar-refractivity contribution in [2.75, 3.05) is 12.4 Å². The summed E-state index contributed by atoms with van der Waals surface area (Å²) in [5.74, 6) is 4.94. The molecule has 0 spiro atoms. The average molecular weight is 373 g/mol. The Balaban J connectivity index is 2.35. The van der Waals surface area contributed by atoms with Gasteiger partial charge in [0.25, 0.3) is 0 Å². The molecule has 1 aromatic carbocycles. The SMILES string of the molecule is CCCS(=O)(=O)c1cccc(C#Cc2nc(C)ccc2OCC(=O)O)c1. The average Bonchev–Trinajstić information content (AvgIpc) is 2.59. The Hall–Kier alpha value is -2.85. The van der Waals surface area contributed by atoms with Crippen molar-refractivity contribution in [3.63, 3.8) is 0 Å². The third-order valence-electron chi connectivity index (χ3n) is 3.34. The van der Waals surface area contributed by atoms with Crippen molar-refractivity contribution in [1.82, 2.24) is 4.98 Å². The number of hydrogen-bond acceptors (Lipinski definition) is 5.